The Balaban J connectivity index is 0.000000556. The molecular weight excluding hydrogens is 462 g/mol. The lowest BCUT2D eigenvalue weighted by Gasteiger charge is -2.38. The van der Waals surface area contributed by atoms with Crippen molar-refractivity contribution in [3.8, 4) is 0 Å². The van der Waals surface area contributed by atoms with Gasteiger partial charge in [-0.15, -0.1) is 0 Å². The molecule has 2 heterocycles. The fourth-order valence-electron chi connectivity index (χ4n) is 6.22. The number of aliphatic hydroxyl groups is 1. The summed E-state index contributed by atoms with van der Waals surface area (Å²) in [6.07, 6.45) is 9.52. The summed E-state index contributed by atoms with van der Waals surface area (Å²) >= 11 is 1.88. The number of rotatable bonds is 4. The Hall–Kier alpha value is -1.62. The topological polar surface area (TPSA) is 42.4 Å². The van der Waals surface area contributed by atoms with Crippen LogP contribution in [0.3, 0.4) is 0 Å². The van der Waals surface area contributed by atoms with Gasteiger partial charge < -0.3 is 9.84 Å². The monoisotopic (exact) mass is 507 g/mol. The van der Waals surface area contributed by atoms with Crippen LogP contribution >= 0.6 is 11.8 Å². The molecule has 0 radical (unpaired) electrons. The normalized spacial score (nSPS) is 23.4. The van der Waals surface area contributed by atoms with Crippen LogP contribution in [0.15, 0.2) is 30.8 Å². The molecule has 1 aromatic heterocycles. The fourth-order valence-corrected chi connectivity index (χ4v) is 6.22. The highest BCUT2D eigenvalue weighted by molar-refractivity contribution is 7.99. The molecule has 196 valence electrons. The second kappa shape index (κ2) is 10.6. The van der Waals surface area contributed by atoms with Gasteiger partial charge in [0.2, 0.25) is 0 Å². The van der Waals surface area contributed by atoms with Crippen LogP contribution in [0.1, 0.15) is 131 Å². The summed E-state index contributed by atoms with van der Waals surface area (Å²) in [6.45, 7) is 17.2. The largest absolute Gasteiger partial charge is 0.388 e. The van der Waals surface area contributed by atoms with E-state index in [1.807, 2.05) is 17.8 Å². The van der Waals surface area contributed by atoms with Gasteiger partial charge in [0.1, 0.15) is 6.10 Å². The second-order valence-electron chi connectivity index (χ2n) is 12.2. The SMILES string of the molecule is C=Cc1ccc(C2OC3(CCCC3)c3c4c(nc(C(C)C)c32)CC(C)(C)CC4O)cc1.CSC(C)C. The minimum atomic E-state index is -0.468. The fraction of sp³-hybridized carbons (Fsp3) is 0.594. The predicted octanol–water partition coefficient (Wildman–Crippen LogP) is 8.50. The van der Waals surface area contributed by atoms with Crippen molar-refractivity contribution in [2.45, 2.75) is 109 Å². The van der Waals surface area contributed by atoms with Crippen molar-refractivity contribution in [1.82, 2.24) is 4.98 Å². The van der Waals surface area contributed by atoms with Crippen molar-refractivity contribution >= 4 is 17.8 Å². The molecule has 2 unspecified atom stereocenters. The van der Waals surface area contributed by atoms with Crippen LogP contribution in [-0.2, 0) is 16.8 Å². The number of aromatic nitrogens is 1. The molecule has 1 fully saturated rings. The average molecular weight is 508 g/mol. The van der Waals surface area contributed by atoms with Gasteiger partial charge in [-0.2, -0.15) is 11.8 Å². The van der Waals surface area contributed by atoms with Crippen LogP contribution in [0.2, 0.25) is 0 Å². The van der Waals surface area contributed by atoms with Crippen LogP contribution in [0.5, 0.6) is 0 Å². The molecule has 1 N–H and O–H groups in total. The van der Waals surface area contributed by atoms with Crippen molar-refractivity contribution in [3.05, 3.63) is 70.0 Å². The maximum absolute atomic E-state index is 11.4. The van der Waals surface area contributed by atoms with Gasteiger partial charge in [0.15, 0.2) is 0 Å². The third kappa shape index (κ3) is 5.19. The summed E-state index contributed by atoms with van der Waals surface area (Å²) in [5.74, 6) is 0.302. The van der Waals surface area contributed by atoms with E-state index in [0.717, 1.165) is 53.4 Å². The van der Waals surface area contributed by atoms with E-state index in [1.165, 1.54) is 29.5 Å². The van der Waals surface area contributed by atoms with Gasteiger partial charge in [-0.3, -0.25) is 4.98 Å². The van der Waals surface area contributed by atoms with Gasteiger partial charge >= 0.3 is 0 Å². The Morgan fingerprint density at radius 3 is 2.22 bits per heavy atom. The van der Waals surface area contributed by atoms with Crippen molar-refractivity contribution in [2.75, 3.05) is 6.26 Å². The van der Waals surface area contributed by atoms with E-state index in [9.17, 15) is 5.11 Å². The smallest absolute Gasteiger partial charge is 0.111 e. The second-order valence-corrected chi connectivity index (χ2v) is 13.6. The van der Waals surface area contributed by atoms with Crippen LogP contribution < -0.4 is 0 Å². The van der Waals surface area contributed by atoms with Crippen molar-refractivity contribution < 1.29 is 9.84 Å². The van der Waals surface area contributed by atoms with Crippen LogP contribution in [-0.4, -0.2) is 21.6 Å². The van der Waals surface area contributed by atoms with E-state index in [4.69, 9.17) is 9.72 Å². The first kappa shape index (κ1) is 27.4. The van der Waals surface area contributed by atoms with E-state index in [1.54, 1.807) is 0 Å². The summed E-state index contributed by atoms with van der Waals surface area (Å²) < 4.78 is 7.02. The molecule has 3 aliphatic rings. The molecular formula is C32H45NO2S. The lowest BCUT2D eigenvalue weighted by molar-refractivity contribution is -0.0580. The number of thioether (sulfide) groups is 1. The quantitative estimate of drug-likeness (QED) is 0.450. The van der Waals surface area contributed by atoms with E-state index in [-0.39, 0.29) is 17.1 Å². The highest BCUT2D eigenvalue weighted by atomic mass is 32.2. The number of pyridine rings is 1. The zero-order valence-corrected chi connectivity index (χ0v) is 24.2. The lowest BCUT2D eigenvalue weighted by atomic mass is 9.70. The van der Waals surface area contributed by atoms with Crippen LogP contribution in [0, 0.1) is 5.41 Å². The molecule has 36 heavy (non-hydrogen) atoms. The standard InChI is InChI=1S/C28H35NO2.C4H10S/c1-6-18-9-11-19(12-10-18)26-23-24(28(31-26)13-7-8-14-28)22-20(29-25(23)17(2)3)15-27(4,5)16-21(22)30;1-4(2)5-3/h6,9-12,17,21,26,30H,1,7-8,13-16H2,2-5H3;4H,1-3H3. The molecule has 2 aromatic rings. The molecule has 2 atom stereocenters. The van der Waals surface area contributed by atoms with Crippen molar-refractivity contribution in [3.63, 3.8) is 0 Å². The number of benzene rings is 1. The molecule has 0 saturated heterocycles. The zero-order valence-electron chi connectivity index (χ0n) is 23.4. The third-order valence-electron chi connectivity index (χ3n) is 8.07. The van der Waals surface area contributed by atoms with Gasteiger partial charge in [-0.25, -0.2) is 0 Å². The number of aliphatic hydroxyl groups excluding tert-OH is 1. The van der Waals surface area contributed by atoms with Crippen LogP contribution in [0.25, 0.3) is 6.08 Å². The molecule has 1 saturated carbocycles. The molecule has 0 bridgehead atoms. The number of hydrogen-bond acceptors (Lipinski definition) is 4. The Labute approximate surface area is 223 Å². The summed E-state index contributed by atoms with van der Waals surface area (Å²) in [6, 6.07) is 8.57. The molecule has 0 amide bonds. The molecule has 4 heteroatoms. The van der Waals surface area contributed by atoms with Crippen molar-refractivity contribution in [1.29, 1.82) is 0 Å². The predicted molar refractivity (Wildman–Crippen MR) is 154 cm³/mol. The zero-order chi connectivity index (χ0) is 26.3. The highest BCUT2D eigenvalue weighted by Gasteiger charge is 2.52. The van der Waals surface area contributed by atoms with Gasteiger partial charge in [0, 0.05) is 22.5 Å². The van der Waals surface area contributed by atoms with E-state index < -0.39 is 6.10 Å². The molecule has 5 rings (SSSR count). The first-order chi connectivity index (χ1) is 17.0. The molecule has 1 aliphatic heterocycles. The molecule has 1 aromatic carbocycles. The van der Waals surface area contributed by atoms with Gasteiger partial charge in [0.05, 0.1) is 11.7 Å². The minimum absolute atomic E-state index is 0.0596. The van der Waals surface area contributed by atoms with E-state index in [0.29, 0.717) is 5.92 Å². The summed E-state index contributed by atoms with van der Waals surface area (Å²) in [4.78, 5) is 5.24. The molecule has 2 aliphatic carbocycles. The lowest BCUT2D eigenvalue weighted by Crippen LogP contribution is -2.32. The Bertz CT molecular complexity index is 1080. The molecule has 1 spiro atoms. The minimum Gasteiger partial charge on any atom is -0.388 e. The first-order valence-electron chi connectivity index (χ1n) is 13.7. The Kier molecular flexibility index (Phi) is 8.09. The number of hydrogen-bond donors (Lipinski definition) is 1. The van der Waals surface area contributed by atoms with Gasteiger partial charge in [0.25, 0.3) is 0 Å². The number of ether oxygens (including phenoxy) is 1. The van der Waals surface area contributed by atoms with Gasteiger partial charge in [-0.1, -0.05) is 91.3 Å². The number of fused-ring (bicyclic) bond motifs is 4. The highest BCUT2D eigenvalue weighted by Crippen LogP contribution is 2.59. The summed E-state index contributed by atoms with van der Waals surface area (Å²) in [5.41, 5.74) is 7.93. The number of nitrogens with zero attached hydrogens (tertiary/aromatic N) is 1. The van der Waals surface area contributed by atoms with Gasteiger partial charge in [-0.05, 0) is 65.2 Å². The maximum Gasteiger partial charge on any atom is 0.111 e. The molecule has 3 nitrogen and oxygen atoms in total. The van der Waals surface area contributed by atoms with E-state index in [2.05, 4.69) is 78.6 Å². The first-order valence-corrected chi connectivity index (χ1v) is 15.0. The Morgan fingerprint density at radius 2 is 1.69 bits per heavy atom. The summed E-state index contributed by atoms with van der Waals surface area (Å²) in [5, 5.41) is 12.2. The Morgan fingerprint density at radius 1 is 1.08 bits per heavy atom. The summed E-state index contributed by atoms with van der Waals surface area (Å²) in [7, 11) is 0. The van der Waals surface area contributed by atoms with Crippen molar-refractivity contribution in [2.24, 2.45) is 5.41 Å². The average Bonchev–Trinajstić information content (AvgIpc) is 3.43. The van der Waals surface area contributed by atoms with E-state index >= 15 is 0 Å². The maximum atomic E-state index is 11.4. The van der Waals surface area contributed by atoms with Crippen LogP contribution in [0.4, 0.5) is 0 Å². The third-order valence-corrected chi connectivity index (χ3v) is 9.01.